The number of anilines is 1. The molecule has 2 aromatic rings. The molecule has 0 aromatic heterocycles. The first-order valence-corrected chi connectivity index (χ1v) is 8.54. The Labute approximate surface area is 152 Å². The topological polar surface area (TPSA) is 67.9 Å². The van der Waals surface area contributed by atoms with Gasteiger partial charge < -0.3 is 19.7 Å². The van der Waals surface area contributed by atoms with E-state index in [1.165, 1.54) is 4.90 Å². The van der Waals surface area contributed by atoms with Crippen molar-refractivity contribution in [3.8, 4) is 11.5 Å². The van der Waals surface area contributed by atoms with Crippen molar-refractivity contribution in [2.75, 3.05) is 32.1 Å². The molecular formula is C20H22N2O4. The molecule has 1 aliphatic heterocycles. The van der Waals surface area contributed by atoms with Gasteiger partial charge in [0, 0.05) is 24.7 Å². The number of likely N-dealkylation sites (N-methyl/N-ethyl adjacent to an activating group) is 1. The Morgan fingerprint density at radius 3 is 2.46 bits per heavy atom. The van der Waals surface area contributed by atoms with Crippen LogP contribution in [0.15, 0.2) is 42.5 Å². The highest BCUT2D eigenvalue weighted by Crippen LogP contribution is 2.30. The molecule has 0 fully saturated rings. The number of benzene rings is 2. The highest BCUT2D eigenvalue weighted by Gasteiger charge is 2.18. The summed E-state index contributed by atoms with van der Waals surface area (Å²) in [7, 11) is 1.60. The summed E-state index contributed by atoms with van der Waals surface area (Å²) in [6.45, 7) is 3.09. The van der Waals surface area contributed by atoms with Crippen molar-refractivity contribution < 1.29 is 19.1 Å². The molecule has 3 rings (SSSR count). The molecule has 1 aliphatic rings. The van der Waals surface area contributed by atoms with Gasteiger partial charge >= 0.3 is 0 Å². The highest BCUT2D eigenvalue weighted by atomic mass is 16.5. The lowest BCUT2D eigenvalue weighted by Gasteiger charge is -2.18. The molecular weight excluding hydrogens is 332 g/mol. The van der Waals surface area contributed by atoms with Gasteiger partial charge in [0.25, 0.3) is 5.91 Å². The van der Waals surface area contributed by atoms with Gasteiger partial charge in [-0.2, -0.15) is 0 Å². The Hall–Kier alpha value is -3.02. The van der Waals surface area contributed by atoms with E-state index in [-0.39, 0.29) is 18.4 Å². The van der Waals surface area contributed by atoms with Crippen LogP contribution in [0.5, 0.6) is 11.5 Å². The standard InChI is InChI=1S/C20H22N2O4/c1-14-4-7-16(8-5-14)21-19(23)13-22(2)20(24)15-6-9-17-18(12-15)26-11-3-10-25-17/h4-9,12H,3,10-11,13H2,1-2H3,(H,21,23). The van der Waals surface area contributed by atoms with Gasteiger partial charge in [0.2, 0.25) is 5.91 Å². The molecule has 0 unspecified atom stereocenters. The highest BCUT2D eigenvalue weighted by molar-refractivity contribution is 5.99. The van der Waals surface area contributed by atoms with Gasteiger partial charge in [0.1, 0.15) is 0 Å². The minimum atomic E-state index is -0.251. The van der Waals surface area contributed by atoms with Crippen molar-refractivity contribution in [1.29, 1.82) is 0 Å². The number of carbonyl (C=O) groups is 2. The lowest BCUT2D eigenvalue weighted by Crippen LogP contribution is -2.34. The van der Waals surface area contributed by atoms with Crippen molar-refractivity contribution in [1.82, 2.24) is 4.90 Å². The van der Waals surface area contributed by atoms with Crippen LogP contribution in [0.4, 0.5) is 5.69 Å². The second-order valence-corrected chi connectivity index (χ2v) is 6.29. The smallest absolute Gasteiger partial charge is 0.254 e. The number of aryl methyl sites for hydroxylation is 1. The van der Waals surface area contributed by atoms with Crippen LogP contribution >= 0.6 is 0 Å². The van der Waals surface area contributed by atoms with Gasteiger partial charge in [0.15, 0.2) is 11.5 Å². The summed E-state index contributed by atoms with van der Waals surface area (Å²) >= 11 is 0. The van der Waals surface area contributed by atoms with Gasteiger partial charge in [-0.3, -0.25) is 9.59 Å². The largest absolute Gasteiger partial charge is 0.490 e. The van der Waals surface area contributed by atoms with Crippen molar-refractivity contribution in [3.63, 3.8) is 0 Å². The number of nitrogens with zero attached hydrogens (tertiary/aromatic N) is 1. The summed E-state index contributed by atoms with van der Waals surface area (Å²) in [6.07, 6.45) is 0.803. The summed E-state index contributed by atoms with van der Waals surface area (Å²) in [5.74, 6) is 0.698. The first-order chi connectivity index (χ1) is 12.5. The van der Waals surface area contributed by atoms with E-state index in [2.05, 4.69) is 5.32 Å². The fourth-order valence-corrected chi connectivity index (χ4v) is 2.64. The van der Waals surface area contributed by atoms with Crippen LogP contribution in [0, 0.1) is 6.92 Å². The number of hydrogen-bond donors (Lipinski definition) is 1. The fourth-order valence-electron chi connectivity index (χ4n) is 2.64. The van der Waals surface area contributed by atoms with E-state index in [9.17, 15) is 9.59 Å². The zero-order valence-electron chi connectivity index (χ0n) is 15.0. The molecule has 0 radical (unpaired) electrons. The third-order valence-corrected chi connectivity index (χ3v) is 4.06. The lowest BCUT2D eigenvalue weighted by molar-refractivity contribution is -0.116. The average Bonchev–Trinajstić information content (AvgIpc) is 2.87. The molecule has 0 saturated carbocycles. The van der Waals surface area contributed by atoms with Gasteiger partial charge in [0.05, 0.1) is 19.8 Å². The number of amides is 2. The van der Waals surface area contributed by atoms with Crippen molar-refractivity contribution in [2.45, 2.75) is 13.3 Å². The maximum Gasteiger partial charge on any atom is 0.254 e. The average molecular weight is 354 g/mol. The number of carbonyl (C=O) groups excluding carboxylic acids is 2. The van der Waals surface area contributed by atoms with E-state index in [1.54, 1.807) is 25.2 Å². The monoisotopic (exact) mass is 354 g/mol. The van der Waals surface area contributed by atoms with Crippen LogP contribution in [0.2, 0.25) is 0 Å². The molecule has 2 aromatic carbocycles. The Kier molecular flexibility index (Phi) is 5.41. The van der Waals surface area contributed by atoms with Crippen molar-refractivity contribution in [2.24, 2.45) is 0 Å². The zero-order valence-corrected chi connectivity index (χ0v) is 15.0. The number of hydrogen-bond acceptors (Lipinski definition) is 4. The van der Waals surface area contributed by atoms with Gasteiger partial charge in [-0.05, 0) is 37.3 Å². The Balaban J connectivity index is 1.63. The summed E-state index contributed by atoms with van der Waals surface area (Å²) in [4.78, 5) is 26.1. The number of rotatable bonds is 4. The Bertz CT molecular complexity index is 802. The zero-order chi connectivity index (χ0) is 18.5. The molecule has 2 amide bonds. The van der Waals surface area contributed by atoms with Crippen molar-refractivity contribution in [3.05, 3.63) is 53.6 Å². The minimum absolute atomic E-state index is 0.0405. The summed E-state index contributed by atoms with van der Waals surface area (Å²) < 4.78 is 11.2. The van der Waals surface area contributed by atoms with Gasteiger partial charge in [-0.15, -0.1) is 0 Å². The van der Waals surface area contributed by atoms with Gasteiger partial charge in [-0.1, -0.05) is 17.7 Å². The second-order valence-electron chi connectivity index (χ2n) is 6.29. The summed E-state index contributed by atoms with van der Waals surface area (Å²) in [5, 5.41) is 2.79. The van der Waals surface area contributed by atoms with Crippen molar-refractivity contribution >= 4 is 17.5 Å². The predicted molar refractivity (Wildman–Crippen MR) is 98.8 cm³/mol. The van der Waals surface area contributed by atoms with Crippen LogP contribution in [-0.4, -0.2) is 43.5 Å². The summed E-state index contributed by atoms with van der Waals surface area (Å²) in [5.41, 5.74) is 2.28. The van der Waals surface area contributed by atoms with Gasteiger partial charge in [-0.25, -0.2) is 0 Å². The number of ether oxygens (including phenoxy) is 2. The Morgan fingerprint density at radius 1 is 1.04 bits per heavy atom. The van der Waals surface area contributed by atoms with E-state index in [1.807, 2.05) is 31.2 Å². The first-order valence-electron chi connectivity index (χ1n) is 8.54. The van der Waals surface area contributed by atoms with Crippen LogP contribution in [0.1, 0.15) is 22.3 Å². The number of nitrogens with one attached hydrogen (secondary N) is 1. The molecule has 0 spiro atoms. The molecule has 0 saturated heterocycles. The van der Waals surface area contributed by atoms with Crippen LogP contribution in [-0.2, 0) is 4.79 Å². The molecule has 1 N–H and O–H groups in total. The molecule has 6 heteroatoms. The van der Waals surface area contributed by atoms with E-state index in [4.69, 9.17) is 9.47 Å². The number of fused-ring (bicyclic) bond motifs is 1. The minimum Gasteiger partial charge on any atom is -0.490 e. The fraction of sp³-hybridized carbons (Fsp3) is 0.300. The van der Waals surface area contributed by atoms with Crippen LogP contribution in [0.3, 0.4) is 0 Å². The second kappa shape index (κ2) is 7.91. The maximum absolute atomic E-state index is 12.6. The van der Waals surface area contributed by atoms with E-state index >= 15 is 0 Å². The third-order valence-electron chi connectivity index (χ3n) is 4.06. The lowest BCUT2D eigenvalue weighted by atomic mass is 10.1. The van der Waals surface area contributed by atoms with E-state index in [0.29, 0.717) is 36.0 Å². The molecule has 6 nitrogen and oxygen atoms in total. The predicted octanol–water partition coefficient (Wildman–Crippen LogP) is 2.87. The first kappa shape index (κ1) is 17.8. The normalized spacial score (nSPS) is 12.8. The Morgan fingerprint density at radius 2 is 1.73 bits per heavy atom. The van der Waals surface area contributed by atoms with Crippen LogP contribution < -0.4 is 14.8 Å². The quantitative estimate of drug-likeness (QED) is 0.917. The molecule has 0 aliphatic carbocycles. The van der Waals surface area contributed by atoms with Crippen LogP contribution in [0.25, 0.3) is 0 Å². The van der Waals surface area contributed by atoms with E-state index < -0.39 is 0 Å². The summed E-state index contributed by atoms with van der Waals surface area (Å²) in [6, 6.07) is 12.6. The third kappa shape index (κ3) is 4.33. The van der Waals surface area contributed by atoms with E-state index in [0.717, 1.165) is 12.0 Å². The molecule has 1 heterocycles. The SMILES string of the molecule is Cc1ccc(NC(=O)CN(C)C(=O)c2ccc3c(c2)OCCCO3)cc1. The molecule has 0 bridgehead atoms. The molecule has 136 valence electrons. The molecule has 26 heavy (non-hydrogen) atoms. The maximum atomic E-state index is 12.6. The molecule has 0 atom stereocenters.